The molecule has 64 heavy (non-hydrogen) atoms. The van der Waals surface area contributed by atoms with E-state index in [0.29, 0.717) is 24.0 Å². The molecule has 5 N–H and O–H groups in total. The third-order valence-corrected chi connectivity index (χ3v) is 12.3. The van der Waals surface area contributed by atoms with Crippen LogP contribution in [0.4, 0.5) is 0 Å². The summed E-state index contributed by atoms with van der Waals surface area (Å²) in [5.41, 5.74) is 3.93. The minimum atomic E-state index is -3.63. The molecule has 14 heteroatoms. The zero-order valence-corrected chi connectivity index (χ0v) is 40.6. The molecule has 0 aliphatic carbocycles. The fourth-order valence-corrected chi connectivity index (χ4v) is 9.79. The van der Waals surface area contributed by atoms with Gasteiger partial charge in [0.2, 0.25) is 23.6 Å². The average Bonchev–Trinajstić information content (AvgIpc) is 3.14. The Morgan fingerprint density at radius 3 is 1.91 bits per heavy atom. The van der Waals surface area contributed by atoms with E-state index in [-0.39, 0.29) is 25.0 Å². The number of nitrogens with two attached hydrogens (primary N) is 1. The van der Waals surface area contributed by atoms with Crippen molar-refractivity contribution in [1.29, 1.82) is 0 Å². The first kappa shape index (κ1) is 53.2. The third-order valence-electron chi connectivity index (χ3n) is 9.88. The quantitative estimate of drug-likeness (QED) is 0.0434. The lowest BCUT2D eigenvalue weighted by Crippen LogP contribution is -2.60. The summed E-state index contributed by atoms with van der Waals surface area (Å²) in [4.78, 5) is 67.5. The normalized spacial score (nSPS) is 14.4. The summed E-state index contributed by atoms with van der Waals surface area (Å²) in [6.07, 6.45) is 3.68. The molecule has 350 valence electrons. The van der Waals surface area contributed by atoms with Crippen LogP contribution in [-0.4, -0.2) is 64.5 Å². The Morgan fingerprint density at radius 1 is 0.766 bits per heavy atom. The Hall–Kier alpha value is -5.10. The number of esters is 1. The molecule has 4 amide bonds. The number of amides is 4. The Bertz CT molecular complexity index is 2160. The molecule has 0 aromatic heterocycles. The van der Waals surface area contributed by atoms with E-state index in [1.807, 2.05) is 36.4 Å². The number of allylic oxidation sites excluding steroid dienone is 2. The predicted octanol–water partition coefficient (Wildman–Crippen LogP) is 8.59. The summed E-state index contributed by atoms with van der Waals surface area (Å²) in [7, 11) is -3.63. The highest BCUT2D eigenvalue weighted by Crippen LogP contribution is 2.57. The molecular weight excluding hydrogens is 832 g/mol. The second-order valence-corrected chi connectivity index (χ2v) is 21.8. The number of fused-ring (bicyclic) bond motifs is 1. The van der Waals surface area contributed by atoms with Gasteiger partial charge in [0.15, 0.2) is 0 Å². The van der Waals surface area contributed by atoms with Gasteiger partial charge in [-0.05, 0) is 122 Å². The van der Waals surface area contributed by atoms with Gasteiger partial charge in [-0.2, -0.15) is 0 Å². The van der Waals surface area contributed by atoms with Gasteiger partial charge in [-0.15, -0.1) is 13.2 Å². The lowest BCUT2D eigenvalue weighted by atomic mass is 9.82. The zero-order valence-electron chi connectivity index (χ0n) is 39.7. The van der Waals surface area contributed by atoms with E-state index in [9.17, 15) is 28.5 Å². The van der Waals surface area contributed by atoms with Crippen LogP contribution in [0.15, 0.2) is 92.0 Å². The number of primary amides is 1. The van der Waals surface area contributed by atoms with E-state index < -0.39 is 83.8 Å². The molecule has 3 aromatic rings. The molecule has 13 nitrogen and oxygen atoms in total. The van der Waals surface area contributed by atoms with E-state index in [1.54, 1.807) is 98.7 Å². The van der Waals surface area contributed by atoms with Crippen LogP contribution in [0.2, 0.25) is 0 Å². The molecule has 4 atom stereocenters. The monoisotopic (exact) mass is 902 g/mol. The second kappa shape index (κ2) is 22.2. The summed E-state index contributed by atoms with van der Waals surface area (Å²) in [6, 6.07) is 19.8. The molecule has 0 aliphatic heterocycles. The van der Waals surface area contributed by atoms with E-state index in [2.05, 4.69) is 35.2 Å². The van der Waals surface area contributed by atoms with Gasteiger partial charge in [0.05, 0.1) is 36.1 Å². The van der Waals surface area contributed by atoms with Gasteiger partial charge in [0.1, 0.15) is 17.2 Å². The molecule has 0 aliphatic rings. The number of rotatable bonds is 22. The van der Waals surface area contributed by atoms with Crippen LogP contribution in [0.25, 0.3) is 10.8 Å². The van der Waals surface area contributed by atoms with Crippen molar-refractivity contribution in [2.24, 2.45) is 17.6 Å². The van der Waals surface area contributed by atoms with Crippen LogP contribution in [0.3, 0.4) is 0 Å². The highest BCUT2D eigenvalue weighted by atomic mass is 31.2. The SMILES string of the molecule is C=CC[C@H](CNC(=O)[C@H](CC(N)=O)NC(=O)C(C)(C)NC(=O)[C@@H](CC(=O)OC(C)(C)C)[C@H](C=C)c1ccc(CP(=O)(OC(C)(C)C)OC(C)(C)C)cc1)Cc1cccc2ccccc12. The maximum Gasteiger partial charge on any atom is 0.336 e. The smallest absolute Gasteiger partial charge is 0.336 e. The zero-order chi connectivity index (χ0) is 48.3. The number of hydrogen-bond acceptors (Lipinski definition) is 9. The summed E-state index contributed by atoms with van der Waals surface area (Å²) >= 11 is 0. The largest absolute Gasteiger partial charge is 0.460 e. The Labute approximate surface area is 380 Å². The van der Waals surface area contributed by atoms with Crippen molar-refractivity contribution < 1.29 is 42.3 Å². The summed E-state index contributed by atoms with van der Waals surface area (Å²) < 4.78 is 31.6. The van der Waals surface area contributed by atoms with Gasteiger partial charge in [0, 0.05) is 12.5 Å². The van der Waals surface area contributed by atoms with Crippen LogP contribution >= 0.6 is 7.60 Å². The minimum absolute atomic E-state index is 0.0129. The first-order valence-corrected chi connectivity index (χ1v) is 23.5. The van der Waals surface area contributed by atoms with Crippen molar-refractivity contribution in [2.45, 2.75) is 142 Å². The summed E-state index contributed by atoms with van der Waals surface area (Å²) in [5.74, 6) is -5.43. The maximum atomic E-state index is 14.3. The van der Waals surface area contributed by atoms with Gasteiger partial charge in [-0.1, -0.05) is 78.9 Å². The van der Waals surface area contributed by atoms with Gasteiger partial charge < -0.3 is 35.5 Å². The van der Waals surface area contributed by atoms with Crippen molar-refractivity contribution in [3.05, 3.63) is 109 Å². The molecule has 3 rings (SSSR count). The second-order valence-electron chi connectivity index (χ2n) is 19.9. The fourth-order valence-electron chi connectivity index (χ4n) is 7.30. The molecular formula is C50H71N4O9P. The number of benzene rings is 3. The van der Waals surface area contributed by atoms with E-state index in [0.717, 1.165) is 16.3 Å². The predicted molar refractivity (Wildman–Crippen MR) is 253 cm³/mol. The van der Waals surface area contributed by atoms with Crippen LogP contribution in [0.1, 0.15) is 118 Å². The van der Waals surface area contributed by atoms with E-state index in [4.69, 9.17) is 19.5 Å². The molecule has 3 aromatic carbocycles. The summed E-state index contributed by atoms with van der Waals surface area (Å²) in [6.45, 7) is 27.0. The van der Waals surface area contributed by atoms with Gasteiger partial charge in [0.25, 0.3) is 0 Å². The molecule has 0 radical (unpaired) electrons. The van der Waals surface area contributed by atoms with Crippen molar-refractivity contribution in [3.63, 3.8) is 0 Å². The molecule has 0 saturated heterocycles. The number of carbonyl (C=O) groups is 5. The van der Waals surface area contributed by atoms with Gasteiger partial charge in [-0.25, -0.2) is 0 Å². The molecule has 0 heterocycles. The van der Waals surface area contributed by atoms with Crippen LogP contribution in [0, 0.1) is 11.8 Å². The number of ether oxygens (including phenoxy) is 1. The van der Waals surface area contributed by atoms with Crippen molar-refractivity contribution in [3.8, 4) is 0 Å². The first-order valence-electron chi connectivity index (χ1n) is 21.7. The van der Waals surface area contributed by atoms with Crippen molar-refractivity contribution in [1.82, 2.24) is 16.0 Å². The van der Waals surface area contributed by atoms with Crippen LogP contribution in [0.5, 0.6) is 0 Å². The topological polar surface area (TPSA) is 192 Å². The minimum Gasteiger partial charge on any atom is -0.460 e. The average molecular weight is 903 g/mol. The summed E-state index contributed by atoms with van der Waals surface area (Å²) in [5, 5.41) is 10.5. The highest BCUT2D eigenvalue weighted by Gasteiger charge is 2.39. The standard InChI is InChI=1S/C50H71N4O9P/c1-14-19-34(28-37-22-18-21-35-20-16-17-23-39(35)37)31-52-45(58)41(30-42(51)55)53-46(59)50(12,13)54-44(57)40(29-43(56)61-47(3,4)5)38(15-2)36-26-24-33(25-27-36)32-64(60,62-48(6,7)8)63-49(9,10)11/h14-18,20-27,34,38,40-41H,1-2,19,28-32H2,3-13H3,(H2,51,55)(H,52,58)(H,53,59)(H,54,57)/t34-,38+,40-,41-/m0/s1. The molecule has 0 unspecified atom stereocenters. The third kappa shape index (κ3) is 17.5. The molecule has 0 saturated carbocycles. The van der Waals surface area contributed by atoms with Crippen molar-refractivity contribution in [2.75, 3.05) is 6.54 Å². The number of carbonyl (C=O) groups excluding carboxylic acids is 5. The first-order chi connectivity index (χ1) is 29.5. The lowest BCUT2D eigenvalue weighted by molar-refractivity contribution is -0.157. The van der Waals surface area contributed by atoms with E-state index in [1.165, 1.54) is 13.8 Å². The molecule has 0 spiro atoms. The Kier molecular flexibility index (Phi) is 18.5. The van der Waals surface area contributed by atoms with Gasteiger partial charge >= 0.3 is 13.6 Å². The number of nitrogens with one attached hydrogen (secondary N) is 3. The highest BCUT2D eigenvalue weighted by molar-refractivity contribution is 7.53. The Balaban J connectivity index is 1.84. The Morgan fingerprint density at radius 2 is 1.36 bits per heavy atom. The lowest BCUT2D eigenvalue weighted by Gasteiger charge is -2.32. The number of hydrogen-bond donors (Lipinski definition) is 4. The van der Waals surface area contributed by atoms with Crippen LogP contribution < -0.4 is 21.7 Å². The fraction of sp³-hybridized carbons (Fsp3) is 0.500. The maximum absolute atomic E-state index is 14.3. The molecule has 0 bridgehead atoms. The van der Waals surface area contributed by atoms with Crippen molar-refractivity contribution >= 4 is 48.0 Å². The molecule has 0 fully saturated rings. The van der Waals surface area contributed by atoms with Crippen LogP contribution in [-0.2, 0) is 54.9 Å². The van der Waals surface area contributed by atoms with Gasteiger partial charge in [-0.3, -0.25) is 28.5 Å². The van der Waals surface area contributed by atoms with E-state index >= 15 is 0 Å².